The summed E-state index contributed by atoms with van der Waals surface area (Å²) in [4.78, 5) is 12.0. The monoisotopic (exact) mass is 283 g/mol. The average molecular weight is 284 g/mol. The molecule has 0 heterocycles. The van der Waals surface area contributed by atoms with E-state index >= 15 is 0 Å². The second kappa shape index (κ2) is 6.16. The number of hydrogen-bond donors (Lipinski definition) is 1. The lowest BCUT2D eigenvalue weighted by atomic mass is 10.0. The van der Waals surface area contributed by atoms with Gasteiger partial charge in [0.15, 0.2) is 5.78 Å². The smallest absolute Gasteiger partial charge is 0.179 e. The number of nitrogens with one attached hydrogen (secondary N) is 1. The molecule has 16 heavy (non-hydrogen) atoms. The molecule has 0 aliphatic carbocycles. The van der Waals surface area contributed by atoms with Gasteiger partial charge in [-0.3, -0.25) is 4.79 Å². The lowest BCUT2D eigenvalue weighted by Crippen LogP contribution is -2.39. The topological polar surface area (TPSA) is 29.1 Å². The molecule has 1 aromatic rings. The number of benzene rings is 1. The van der Waals surface area contributed by atoms with E-state index in [1.165, 1.54) is 0 Å². The molecule has 2 nitrogen and oxygen atoms in total. The van der Waals surface area contributed by atoms with Crippen molar-refractivity contribution in [2.45, 2.75) is 39.3 Å². The van der Waals surface area contributed by atoms with E-state index in [0.717, 1.165) is 16.5 Å². The summed E-state index contributed by atoms with van der Waals surface area (Å²) in [5.74, 6) is 0.146. The minimum atomic E-state index is -0.129. The van der Waals surface area contributed by atoms with Crippen molar-refractivity contribution in [2.75, 3.05) is 0 Å². The number of ketones is 1. The molecule has 0 aromatic heterocycles. The van der Waals surface area contributed by atoms with Crippen molar-refractivity contribution in [1.82, 2.24) is 5.32 Å². The quantitative estimate of drug-likeness (QED) is 0.839. The third-order valence-electron chi connectivity index (χ3n) is 2.67. The molecule has 2 unspecified atom stereocenters. The first kappa shape index (κ1) is 13.4. The van der Waals surface area contributed by atoms with E-state index < -0.39 is 0 Å². The fourth-order valence-corrected chi connectivity index (χ4v) is 1.75. The van der Waals surface area contributed by atoms with Crippen LogP contribution in [0.4, 0.5) is 0 Å². The van der Waals surface area contributed by atoms with E-state index in [1.54, 1.807) is 0 Å². The van der Waals surface area contributed by atoms with Crippen LogP contribution in [0, 0.1) is 0 Å². The Balaban J connectivity index is 2.67. The van der Waals surface area contributed by atoms with Crippen LogP contribution in [-0.4, -0.2) is 17.9 Å². The Morgan fingerprint density at radius 3 is 2.38 bits per heavy atom. The predicted molar refractivity (Wildman–Crippen MR) is 70.8 cm³/mol. The van der Waals surface area contributed by atoms with Crippen LogP contribution in [-0.2, 0) is 0 Å². The van der Waals surface area contributed by atoms with Crippen molar-refractivity contribution in [1.29, 1.82) is 0 Å². The van der Waals surface area contributed by atoms with Gasteiger partial charge in [0.2, 0.25) is 0 Å². The van der Waals surface area contributed by atoms with Crippen LogP contribution < -0.4 is 5.32 Å². The summed E-state index contributed by atoms with van der Waals surface area (Å²) >= 11 is 3.36. The highest BCUT2D eigenvalue weighted by Gasteiger charge is 2.15. The van der Waals surface area contributed by atoms with Gasteiger partial charge in [0, 0.05) is 16.1 Å². The number of halogens is 1. The van der Waals surface area contributed by atoms with E-state index in [2.05, 4.69) is 35.1 Å². The van der Waals surface area contributed by atoms with E-state index in [-0.39, 0.29) is 11.8 Å². The molecule has 2 atom stereocenters. The normalized spacial score (nSPS) is 14.5. The van der Waals surface area contributed by atoms with Gasteiger partial charge < -0.3 is 5.32 Å². The summed E-state index contributed by atoms with van der Waals surface area (Å²) in [6, 6.07) is 7.72. The van der Waals surface area contributed by atoms with E-state index in [1.807, 2.05) is 31.2 Å². The zero-order valence-corrected chi connectivity index (χ0v) is 11.5. The first-order chi connectivity index (χ1) is 7.54. The molecule has 0 aliphatic heterocycles. The van der Waals surface area contributed by atoms with Gasteiger partial charge in [0.05, 0.1) is 6.04 Å². The highest BCUT2D eigenvalue weighted by Crippen LogP contribution is 2.12. The molecule has 0 spiro atoms. The maximum absolute atomic E-state index is 12.0. The number of carbonyl (C=O) groups excluding carboxylic acids is 1. The van der Waals surface area contributed by atoms with E-state index in [0.29, 0.717) is 6.04 Å². The second-order valence-electron chi connectivity index (χ2n) is 4.07. The standard InChI is InChI=1S/C13H18BrNO/c1-4-9(2)15-10(3)13(16)11-5-7-12(14)8-6-11/h5-10,15H,4H2,1-3H3. The number of hydrogen-bond acceptors (Lipinski definition) is 2. The van der Waals surface area contributed by atoms with Gasteiger partial charge in [-0.1, -0.05) is 35.0 Å². The third kappa shape index (κ3) is 3.72. The van der Waals surface area contributed by atoms with Crippen molar-refractivity contribution in [3.05, 3.63) is 34.3 Å². The maximum atomic E-state index is 12.0. The van der Waals surface area contributed by atoms with Crippen LogP contribution in [0.15, 0.2) is 28.7 Å². The summed E-state index contributed by atoms with van der Waals surface area (Å²) < 4.78 is 0.992. The van der Waals surface area contributed by atoms with Crippen molar-refractivity contribution in [2.24, 2.45) is 0 Å². The highest BCUT2D eigenvalue weighted by molar-refractivity contribution is 9.10. The lowest BCUT2D eigenvalue weighted by molar-refractivity contribution is 0.0945. The van der Waals surface area contributed by atoms with Crippen LogP contribution in [0.2, 0.25) is 0 Å². The number of Topliss-reactive ketones (excluding diaryl/α,β-unsaturated/α-hetero) is 1. The molecular weight excluding hydrogens is 266 g/mol. The fourth-order valence-electron chi connectivity index (χ4n) is 1.48. The average Bonchev–Trinajstić information content (AvgIpc) is 2.28. The largest absolute Gasteiger partial charge is 0.305 e. The fraction of sp³-hybridized carbons (Fsp3) is 0.462. The minimum Gasteiger partial charge on any atom is -0.305 e. The predicted octanol–water partition coefficient (Wildman–Crippen LogP) is 3.41. The molecule has 0 radical (unpaired) electrons. The maximum Gasteiger partial charge on any atom is 0.179 e. The first-order valence-corrected chi connectivity index (χ1v) is 6.39. The molecule has 1 rings (SSSR count). The van der Waals surface area contributed by atoms with Gasteiger partial charge in [-0.25, -0.2) is 0 Å². The van der Waals surface area contributed by atoms with Gasteiger partial charge in [-0.05, 0) is 32.4 Å². The molecule has 0 aliphatic rings. The molecule has 0 amide bonds. The van der Waals surface area contributed by atoms with Gasteiger partial charge in [0.1, 0.15) is 0 Å². The summed E-state index contributed by atoms with van der Waals surface area (Å²) in [5.41, 5.74) is 0.756. The van der Waals surface area contributed by atoms with Gasteiger partial charge in [-0.15, -0.1) is 0 Å². The first-order valence-electron chi connectivity index (χ1n) is 5.60. The van der Waals surface area contributed by atoms with Crippen molar-refractivity contribution in [3.8, 4) is 0 Å². The molecule has 0 bridgehead atoms. The van der Waals surface area contributed by atoms with Crippen LogP contribution >= 0.6 is 15.9 Å². The Bertz CT molecular complexity index is 347. The van der Waals surface area contributed by atoms with Gasteiger partial charge >= 0.3 is 0 Å². The molecule has 3 heteroatoms. The Hall–Kier alpha value is -0.670. The van der Waals surface area contributed by atoms with Crippen molar-refractivity contribution >= 4 is 21.7 Å². The lowest BCUT2D eigenvalue weighted by Gasteiger charge is -2.17. The van der Waals surface area contributed by atoms with Gasteiger partial charge in [0.25, 0.3) is 0 Å². The Morgan fingerprint density at radius 1 is 1.31 bits per heavy atom. The summed E-state index contributed by atoms with van der Waals surface area (Å²) in [5, 5.41) is 3.28. The van der Waals surface area contributed by atoms with E-state index in [4.69, 9.17) is 0 Å². The van der Waals surface area contributed by atoms with Crippen molar-refractivity contribution < 1.29 is 4.79 Å². The molecule has 1 N–H and O–H groups in total. The molecule has 0 saturated heterocycles. The van der Waals surface area contributed by atoms with Crippen LogP contribution in [0.1, 0.15) is 37.6 Å². The zero-order valence-electron chi connectivity index (χ0n) is 9.96. The SMILES string of the molecule is CCC(C)NC(C)C(=O)c1ccc(Br)cc1. The second-order valence-corrected chi connectivity index (χ2v) is 4.98. The summed E-state index contributed by atoms with van der Waals surface area (Å²) in [6.07, 6.45) is 1.03. The molecule has 0 saturated carbocycles. The number of rotatable bonds is 5. The molecule has 88 valence electrons. The summed E-state index contributed by atoms with van der Waals surface area (Å²) in [6.45, 7) is 6.11. The third-order valence-corrected chi connectivity index (χ3v) is 3.20. The van der Waals surface area contributed by atoms with E-state index in [9.17, 15) is 4.79 Å². The molecule has 0 fully saturated rings. The highest BCUT2D eigenvalue weighted by atomic mass is 79.9. The van der Waals surface area contributed by atoms with Gasteiger partial charge in [-0.2, -0.15) is 0 Å². The minimum absolute atomic E-state index is 0.129. The van der Waals surface area contributed by atoms with Crippen molar-refractivity contribution in [3.63, 3.8) is 0 Å². The van der Waals surface area contributed by atoms with Crippen LogP contribution in [0.25, 0.3) is 0 Å². The Labute approximate surface area is 106 Å². The Morgan fingerprint density at radius 2 is 1.88 bits per heavy atom. The summed E-state index contributed by atoms with van der Waals surface area (Å²) in [7, 11) is 0. The molecule has 1 aromatic carbocycles. The zero-order chi connectivity index (χ0) is 12.1. The van der Waals surface area contributed by atoms with Crippen LogP contribution in [0.3, 0.4) is 0 Å². The number of carbonyl (C=O) groups is 1. The van der Waals surface area contributed by atoms with Crippen LogP contribution in [0.5, 0.6) is 0 Å². The molecular formula is C13H18BrNO. The Kier molecular flexibility index (Phi) is 5.16.